The van der Waals surface area contributed by atoms with Crippen molar-refractivity contribution in [2.24, 2.45) is 0 Å². The van der Waals surface area contributed by atoms with Gasteiger partial charge in [0.25, 0.3) is 0 Å². The van der Waals surface area contributed by atoms with E-state index >= 15 is 0 Å². The molecule has 0 nitrogen and oxygen atoms in total. The van der Waals surface area contributed by atoms with E-state index < -0.39 is 0 Å². The predicted octanol–water partition coefficient (Wildman–Crippen LogP) is 6.59. The first-order valence-corrected chi connectivity index (χ1v) is 13.9. The third-order valence-corrected chi connectivity index (χ3v) is 7.24. The molecule has 0 radical (unpaired) electrons. The molecule has 24 heavy (non-hydrogen) atoms. The molecule has 0 amide bonds. The molecule has 0 spiro atoms. The molecule has 6 heteroatoms. The van der Waals surface area contributed by atoms with Gasteiger partial charge in [0.2, 0.25) is 0 Å². The highest BCUT2D eigenvalue weighted by Gasteiger charge is 2.08. The van der Waals surface area contributed by atoms with Crippen molar-refractivity contribution in [3.63, 3.8) is 0 Å². The Bertz CT molecular complexity index is 267. The molecule has 0 rings (SSSR count). The maximum absolute atomic E-state index is 4.37. The molecule has 0 aliphatic carbocycles. The zero-order chi connectivity index (χ0) is 17.9. The Balaban J connectivity index is 4.71. The molecule has 0 aromatic rings. The van der Waals surface area contributed by atoms with Gasteiger partial charge < -0.3 is 0 Å². The van der Waals surface area contributed by atoms with Crippen LogP contribution >= 0.6 is 74.0 Å². The lowest BCUT2D eigenvalue weighted by atomic mass is 9.98. The smallest absolute Gasteiger partial charge is 0.0154 e. The van der Waals surface area contributed by atoms with Crippen molar-refractivity contribution in [3.8, 4) is 0 Å². The molecule has 0 aliphatic heterocycles. The summed E-state index contributed by atoms with van der Waals surface area (Å²) >= 11 is 21.6. The Labute approximate surface area is 181 Å². The van der Waals surface area contributed by atoms with Crippen molar-refractivity contribution >= 4 is 74.0 Å². The van der Waals surface area contributed by atoms with E-state index in [1.165, 1.54) is 74.4 Å². The summed E-state index contributed by atoms with van der Waals surface area (Å²) in [6.45, 7) is 0. The average Bonchev–Trinajstić information content (AvgIpc) is 2.59. The highest BCUT2D eigenvalue weighted by atomic mass is 32.2. The fourth-order valence-corrected chi connectivity index (χ4v) is 5.76. The SMILES string of the molecule is SCCCCC(CCCCS)=C(CSCCCS)CSCCCS. The Hall–Kier alpha value is 1.84. The molecule has 0 atom stereocenters. The van der Waals surface area contributed by atoms with Crippen molar-refractivity contribution < 1.29 is 0 Å². The number of thioether (sulfide) groups is 2. The molecule has 0 N–H and O–H groups in total. The van der Waals surface area contributed by atoms with Crippen LogP contribution in [-0.4, -0.2) is 46.0 Å². The van der Waals surface area contributed by atoms with E-state index in [0.717, 1.165) is 23.0 Å². The van der Waals surface area contributed by atoms with E-state index in [4.69, 9.17) is 0 Å². The van der Waals surface area contributed by atoms with Gasteiger partial charge in [-0.25, -0.2) is 0 Å². The van der Waals surface area contributed by atoms with E-state index in [2.05, 4.69) is 74.0 Å². The third kappa shape index (κ3) is 16.0. The summed E-state index contributed by atoms with van der Waals surface area (Å²) in [6.07, 6.45) is 9.98. The van der Waals surface area contributed by atoms with Crippen LogP contribution < -0.4 is 0 Å². The van der Waals surface area contributed by atoms with Crippen LogP contribution in [0.5, 0.6) is 0 Å². The maximum Gasteiger partial charge on any atom is 0.0154 e. The lowest BCUT2D eigenvalue weighted by Gasteiger charge is -2.16. The van der Waals surface area contributed by atoms with Gasteiger partial charge in [0.1, 0.15) is 0 Å². The fourth-order valence-electron chi connectivity index (χ4n) is 2.35. The maximum atomic E-state index is 4.37. The number of unbranched alkanes of at least 4 members (excludes halogenated alkanes) is 2. The van der Waals surface area contributed by atoms with Crippen LogP contribution in [0.4, 0.5) is 0 Å². The Morgan fingerprint density at radius 1 is 0.500 bits per heavy atom. The van der Waals surface area contributed by atoms with Gasteiger partial charge in [-0.05, 0) is 85.9 Å². The number of hydrogen-bond acceptors (Lipinski definition) is 6. The third-order valence-electron chi connectivity index (χ3n) is 3.72. The summed E-state index contributed by atoms with van der Waals surface area (Å²) < 4.78 is 0. The summed E-state index contributed by atoms with van der Waals surface area (Å²) in [5.74, 6) is 8.89. The summed E-state index contributed by atoms with van der Waals surface area (Å²) in [6, 6.07) is 0. The van der Waals surface area contributed by atoms with Crippen molar-refractivity contribution in [1.29, 1.82) is 0 Å². The standard InChI is InChI=1S/C18H36S6/c19-9-3-1-7-17(8-2-4-10-20)18(15-23-13-5-11-21)16-24-14-6-12-22/h19-22H,1-16H2. The highest BCUT2D eigenvalue weighted by molar-refractivity contribution is 8.00. The first-order chi connectivity index (χ1) is 11.8. The van der Waals surface area contributed by atoms with Crippen LogP contribution in [0.3, 0.4) is 0 Å². The van der Waals surface area contributed by atoms with Crippen LogP contribution in [0.25, 0.3) is 0 Å². The summed E-state index contributed by atoms with van der Waals surface area (Å²) in [5.41, 5.74) is 3.44. The first-order valence-electron chi connectivity index (χ1n) is 9.08. The zero-order valence-electron chi connectivity index (χ0n) is 14.9. The van der Waals surface area contributed by atoms with Crippen molar-refractivity contribution in [2.45, 2.75) is 51.4 Å². The lowest BCUT2D eigenvalue weighted by molar-refractivity contribution is 0.711. The Kier molecular flexibility index (Phi) is 22.8. The summed E-state index contributed by atoms with van der Waals surface area (Å²) in [5, 5.41) is 0. The molecular formula is C18H36S6. The van der Waals surface area contributed by atoms with Crippen LogP contribution in [0.15, 0.2) is 11.1 Å². The number of rotatable bonds is 18. The monoisotopic (exact) mass is 444 g/mol. The van der Waals surface area contributed by atoms with Gasteiger partial charge in [-0.3, -0.25) is 0 Å². The Morgan fingerprint density at radius 3 is 1.29 bits per heavy atom. The second-order valence-corrected chi connectivity index (χ2v) is 9.83. The largest absolute Gasteiger partial charge is 0.179 e. The Morgan fingerprint density at radius 2 is 0.917 bits per heavy atom. The van der Waals surface area contributed by atoms with Gasteiger partial charge in [0.15, 0.2) is 0 Å². The zero-order valence-corrected chi connectivity index (χ0v) is 20.1. The molecule has 144 valence electrons. The number of allylic oxidation sites excluding steroid dienone is 1. The van der Waals surface area contributed by atoms with Crippen molar-refractivity contribution in [2.75, 3.05) is 46.0 Å². The number of hydrogen-bond donors (Lipinski definition) is 4. The molecule has 0 bridgehead atoms. The van der Waals surface area contributed by atoms with Crippen LogP contribution in [0.2, 0.25) is 0 Å². The molecule has 0 unspecified atom stereocenters. The second kappa shape index (κ2) is 21.1. The summed E-state index contributed by atoms with van der Waals surface area (Å²) in [7, 11) is 0. The molecule has 0 saturated heterocycles. The molecule has 0 aliphatic rings. The normalized spacial score (nSPS) is 11.0. The van der Waals surface area contributed by atoms with Crippen molar-refractivity contribution in [1.82, 2.24) is 0 Å². The minimum atomic E-state index is 0.999. The van der Waals surface area contributed by atoms with Gasteiger partial charge >= 0.3 is 0 Å². The minimum Gasteiger partial charge on any atom is -0.179 e. The predicted molar refractivity (Wildman–Crippen MR) is 134 cm³/mol. The van der Waals surface area contributed by atoms with E-state index in [9.17, 15) is 0 Å². The lowest BCUT2D eigenvalue weighted by Crippen LogP contribution is -2.02. The highest BCUT2D eigenvalue weighted by Crippen LogP contribution is 2.26. The summed E-state index contributed by atoms with van der Waals surface area (Å²) in [4.78, 5) is 0. The van der Waals surface area contributed by atoms with Gasteiger partial charge in [0.05, 0.1) is 0 Å². The molecule has 0 aromatic carbocycles. The van der Waals surface area contributed by atoms with Gasteiger partial charge in [0, 0.05) is 11.5 Å². The van der Waals surface area contributed by atoms with E-state index in [1.807, 2.05) is 0 Å². The fraction of sp³-hybridized carbons (Fsp3) is 0.889. The van der Waals surface area contributed by atoms with E-state index in [0.29, 0.717) is 0 Å². The van der Waals surface area contributed by atoms with Gasteiger partial charge in [-0.2, -0.15) is 74.0 Å². The quantitative estimate of drug-likeness (QED) is 0.107. The van der Waals surface area contributed by atoms with Crippen LogP contribution in [-0.2, 0) is 0 Å². The van der Waals surface area contributed by atoms with Crippen molar-refractivity contribution in [3.05, 3.63) is 11.1 Å². The van der Waals surface area contributed by atoms with Crippen LogP contribution in [0.1, 0.15) is 51.4 Å². The van der Waals surface area contributed by atoms with E-state index in [1.54, 1.807) is 11.1 Å². The molecule has 0 saturated carbocycles. The number of thiol groups is 4. The van der Waals surface area contributed by atoms with Gasteiger partial charge in [-0.15, -0.1) is 0 Å². The second-order valence-electron chi connectivity index (χ2n) is 5.83. The molecule has 0 heterocycles. The molecule has 0 fully saturated rings. The minimum absolute atomic E-state index is 0.999. The first kappa shape index (κ1) is 25.8. The van der Waals surface area contributed by atoms with Gasteiger partial charge in [-0.1, -0.05) is 11.1 Å². The molecular weight excluding hydrogens is 409 g/mol. The van der Waals surface area contributed by atoms with E-state index in [-0.39, 0.29) is 0 Å². The average molecular weight is 445 g/mol. The van der Waals surface area contributed by atoms with Crippen LogP contribution in [0, 0.1) is 0 Å². The molecule has 0 aromatic heterocycles. The topological polar surface area (TPSA) is 0 Å².